The smallest absolute Gasteiger partial charge is 0.289 e. The molecule has 0 heterocycles. The van der Waals surface area contributed by atoms with Crippen molar-refractivity contribution in [3.63, 3.8) is 0 Å². The summed E-state index contributed by atoms with van der Waals surface area (Å²) >= 11 is 0. The third-order valence-electron chi connectivity index (χ3n) is 1.79. The van der Waals surface area contributed by atoms with Gasteiger partial charge in [-0.15, -0.1) is 12.4 Å². The Balaban J connectivity index is 0.00000256. The van der Waals surface area contributed by atoms with E-state index in [2.05, 4.69) is 4.72 Å². The molecule has 7 nitrogen and oxygen atoms in total. The van der Waals surface area contributed by atoms with E-state index in [9.17, 15) is 18.5 Å². The molecule has 1 aromatic rings. The van der Waals surface area contributed by atoms with Crippen LogP contribution in [0.25, 0.3) is 0 Å². The fraction of sp³-hybridized carbons (Fsp3) is 0.250. The van der Waals surface area contributed by atoms with Crippen LogP contribution in [0.5, 0.6) is 0 Å². The van der Waals surface area contributed by atoms with Crippen molar-refractivity contribution in [1.29, 1.82) is 0 Å². The standard InChI is InChI=1S/C8H11N3O4S.ClH/c9-5-6-10-16(14,15)8-4-2-1-3-7(8)11(12)13;/h1-4,10H,5-6,9H2;1H. The van der Waals surface area contributed by atoms with E-state index in [1.54, 1.807) is 0 Å². The number of hydrogen-bond donors (Lipinski definition) is 2. The van der Waals surface area contributed by atoms with Crippen LogP contribution < -0.4 is 10.5 Å². The van der Waals surface area contributed by atoms with Crippen molar-refractivity contribution in [3.8, 4) is 0 Å². The van der Waals surface area contributed by atoms with Gasteiger partial charge in [-0.05, 0) is 6.07 Å². The molecule has 17 heavy (non-hydrogen) atoms. The molecule has 9 heteroatoms. The van der Waals surface area contributed by atoms with Crippen LogP contribution in [0.2, 0.25) is 0 Å². The number of nitro benzene ring substituents is 1. The van der Waals surface area contributed by atoms with Crippen molar-refractivity contribution < 1.29 is 13.3 Å². The largest absolute Gasteiger partial charge is 0.329 e. The molecule has 0 fully saturated rings. The molecule has 0 radical (unpaired) electrons. The number of nitrogens with two attached hydrogens (primary N) is 1. The first kappa shape index (κ1) is 15.8. The minimum absolute atomic E-state index is 0. The number of benzene rings is 1. The van der Waals surface area contributed by atoms with Crippen molar-refractivity contribution in [1.82, 2.24) is 4.72 Å². The Bertz CT molecular complexity index is 491. The molecule has 96 valence electrons. The predicted molar refractivity (Wildman–Crippen MR) is 64.6 cm³/mol. The molecule has 1 aromatic carbocycles. The second-order valence-corrected chi connectivity index (χ2v) is 4.65. The number of nitro groups is 1. The lowest BCUT2D eigenvalue weighted by atomic mass is 10.3. The first-order valence-electron chi connectivity index (χ1n) is 4.42. The molecule has 0 bridgehead atoms. The van der Waals surface area contributed by atoms with Gasteiger partial charge in [0.1, 0.15) is 0 Å². The molecule has 0 aliphatic rings. The van der Waals surface area contributed by atoms with Gasteiger partial charge in [0.2, 0.25) is 10.0 Å². The summed E-state index contributed by atoms with van der Waals surface area (Å²) in [6.45, 7) is 0.161. The summed E-state index contributed by atoms with van der Waals surface area (Å²) < 4.78 is 25.5. The van der Waals surface area contributed by atoms with Gasteiger partial charge in [-0.25, -0.2) is 13.1 Å². The summed E-state index contributed by atoms with van der Waals surface area (Å²) in [6, 6.07) is 5.14. The summed E-state index contributed by atoms with van der Waals surface area (Å²) in [7, 11) is -3.87. The van der Waals surface area contributed by atoms with E-state index in [1.165, 1.54) is 18.2 Å². The molecule has 0 aromatic heterocycles. The van der Waals surface area contributed by atoms with E-state index in [0.717, 1.165) is 6.07 Å². The van der Waals surface area contributed by atoms with Gasteiger partial charge in [-0.1, -0.05) is 12.1 Å². The van der Waals surface area contributed by atoms with Crippen LogP contribution >= 0.6 is 12.4 Å². The minimum atomic E-state index is -3.87. The third kappa shape index (κ3) is 3.93. The quantitative estimate of drug-likeness (QED) is 0.593. The number of hydrogen-bond acceptors (Lipinski definition) is 5. The second kappa shape index (κ2) is 6.50. The van der Waals surface area contributed by atoms with E-state index in [4.69, 9.17) is 5.73 Å². The van der Waals surface area contributed by atoms with E-state index in [-0.39, 0.29) is 30.4 Å². The van der Waals surface area contributed by atoms with Crippen molar-refractivity contribution in [2.45, 2.75) is 4.90 Å². The molecule has 0 unspecified atom stereocenters. The topological polar surface area (TPSA) is 115 Å². The van der Waals surface area contributed by atoms with Crippen molar-refractivity contribution in [2.75, 3.05) is 13.1 Å². The van der Waals surface area contributed by atoms with Gasteiger partial charge in [-0.3, -0.25) is 10.1 Å². The molecular weight excluding hydrogens is 270 g/mol. The fourth-order valence-corrected chi connectivity index (χ4v) is 2.32. The molecule has 0 atom stereocenters. The summed E-state index contributed by atoms with van der Waals surface area (Å²) in [5.41, 5.74) is 4.70. The van der Waals surface area contributed by atoms with E-state index < -0.39 is 20.6 Å². The zero-order valence-corrected chi connectivity index (χ0v) is 10.3. The van der Waals surface area contributed by atoms with Gasteiger partial charge < -0.3 is 5.73 Å². The van der Waals surface area contributed by atoms with Crippen LogP contribution in [0, 0.1) is 10.1 Å². The maximum Gasteiger partial charge on any atom is 0.289 e. The molecule has 0 saturated heterocycles. The average Bonchev–Trinajstić information content (AvgIpc) is 2.26. The van der Waals surface area contributed by atoms with Crippen LogP contribution in [0.15, 0.2) is 29.2 Å². The Morgan fingerprint density at radius 2 is 1.94 bits per heavy atom. The van der Waals surface area contributed by atoms with Crippen LogP contribution in [0.1, 0.15) is 0 Å². The molecule has 1 rings (SSSR count). The van der Waals surface area contributed by atoms with Crippen LogP contribution in [-0.4, -0.2) is 26.4 Å². The maximum absolute atomic E-state index is 11.6. The zero-order chi connectivity index (χ0) is 12.2. The predicted octanol–water partition coefficient (Wildman–Crippen LogP) is 0.254. The third-order valence-corrected chi connectivity index (χ3v) is 3.30. The Morgan fingerprint density at radius 3 is 2.47 bits per heavy atom. The molecule has 0 amide bonds. The molecule has 0 saturated carbocycles. The molecular formula is C8H12ClN3O4S. The average molecular weight is 282 g/mol. The Labute approximate surface area is 105 Å². The van der Waals surface area contributed by atoms with Crippen LogP contribution in [-0.2, 0) is 10.0 Å². The Hall–Kier alpha value is -1.22. The number of nitrogens with one attached hydrogen (secondary N) is 1. The van der Waals surface area contributed by atoms with Gasteiger partial charge in [0.05, 0.1) is 4.92 Å². The Kier molecular flexibility index (Phi) is 6.03. The number of sulfonamides is 1. The first-order valence-corrected chi connectivity index (χ1v) is 5.90. The number of para-hydroxylation sites is 1. The fourth-order valence-electron chi connectivity index (χ4n) is 1.11. The first-order chi connectivity index (χ1) is 7.49. The SMILES string of the molecule is Cl.NCCNS(=O)(=O)c1ccccc1[N+](=O)[O-]. The highest BCUT2D eigenvalue weighted by Crippen LogP contribution is 2.22. The van der Waals surface area contributed by atoms with Crippen molar-refractivity contribution in [3.05, 3.63) is 34.4 Å². The molecule has 3 N–H and O–H groups in total. The van der Waals surface area contributed by atoms with Gasteiger partial charge in [-0.2, -0.15) is 0 Å². The lowest BCUT2D eigenvalue weighted by molar-refractivity contribution is -0.387. The molecule has 0 spiro atoms. The highest BCUT2D eigenvalue weighted by Gasteiger charge is 2.24. The lowest BCUT2D eigenvalue weighted by Gasteiger charge is -2.05. The zero-order valence-electron chi connectivity index (χ0n) is 8.70. The normalized spacial score (nSPS) is 10.6. The number of nitrogens with zero attached hydrogens (tertiary/aromatic N) is 1. The second-order valence-electron chi connectivity index (χ2n) is 2.91. The molecule has 0 aliphatic heterocycles. The number of halogens is 1. The summed E-state index contributed by atoms with van der Waals surface area (Å²) in [6.07, 6.45) is 0. The summed E-state index contributed by atoms with van der Waals surface area (Å²) in [4.78, 5) is 9.54. The van der Waals surface area contributed by atoms with Gasteiger partial charge >= 0.3 is 0 Å². The highest BCUT2D eigenvalue weighted by atomic mass is 35.5. The number of rotatable bonds is 5. The highest BCUT2D eigenvalue weighted by molar-refractivity contribution is 7.89. The van der Waals surface area contributed by atoms with Gasteiger partial charge in [0, 0.05) is 19.2 Å². The van der Waals surface area contributed by atoms with E-state index in [1.807, 2.05) is 0 Å². The molecule has 0 aliphatic carbocycles. The van der Waals surface area contributed by atoms with E-state index >= 15 is 0 Å². The van der Waals surface area contributed by atoms with Gasteiger partial charge in [0.15, 0.2) is 4.90 Å². The summed E-state index contributed by atoms with van der Waals surface area (Å²) in [5.74, 6) is 0. The van der Waals surface area contributed by atoms with Gasteiger partial charge in [0.25, 0.3) is 5.69 Å². The maximum atomic E-state index is 11.6. The van der Waals surface area contributed by atoms with Crippen LogP contribution in [0.4, 0.5) is 5.69 Å². The lowest BCUT2D eigenvalue weighted by Crippen LogP contribution is -2.29. The monoisotopic (exact) mass is 281 g/mol. The van der Waals surface area contributed by atoms with Crippen LogP contribution in [0.3, 0.4) is 0 Å². The minimum Gasteiger partial charge on any atom is -0.329 e. The Morgan fingerprint density at radius 1 is 1.35 bits per heavy atom. The van der Waals surface area contributed by atoms with E-state index in [0.29, 0.717) is 0 Å². The van der Waals surface area contributed by atoms with Crippen molar-refractivity contribution in [2.24, 2.45) is 5.73 Å². The van der Waals surface area contributed by atoms with Crippen molar-refractivity contribution >= 4 is 28.1 Å². The summed E-state index contributed by atoms with van der Waals surface area (Å²) in [5, 5.41) is 10.6.